The number of methoxy groups -OCH3 is 1. The molecule has 1 fully saturated rings. The number of ether oxygens (including phenoxy) is 1. The zero-order valence-electron chi connectivity index (χ0n) is 10.8. The third-order valence-electron chi connectivity index (χ3n) is 3.34. The van der Waals surface area contributed by atoms with Gasteiger partial charge in [-0.15, -0.1) is 0 Å². The van der Waals surface area contributed by atoms with E-state index in [9.17, 15) is 0 Å². The van der Waals surface area contributed by atoms with Crippen molar-refractivity contribution in [1.29, 1.82) is 0 Å². The highest BCUT2D eigenvalue weighted by molar-refractivity contribution is 5.59. The van der Waals surface area contributed by atoms with Crippen LogP contribution in [0.5, 0.6) is 5.88 Å². The van der Waals surface area contributed by atoms with Gasteiger partial charge in [0.1, 0.15) is 5.56 Å². The normalized spacial score (nSPS) is 16.5. The third-order valence-corrected chi connectivity index (χ3v) is 3.34. The van der Waals surface area contributed by atoms with E-state index in [0.29, 0.717) is 17.7 Å². The Morgan fingerprint density at radius 3 is 3.00 bits per heavy atom. The van der Waals surface area contributed by atoms with Gasteiger partial charge in [0.25, 0.3) is 5.89 Å². The lowest BCUT2D eigenvalue weighted by Crippen LogP contribution is -2.27. The van der Waals surface area contributed by atoms with E-state index in [4.69, 9.17) is 9.26 Å². The molecule has 2 aromatic rings. The van der Waals surface area contributed by atoms with Gasteiger partial charge in [0, 0.05) is 12.1 Å². The molecule has 0 bridgehead atoms. The quantitative estimate of drug-likeness (QED) is 0.903. The summed E-state index contributed by atoms with van der Waals surface area (Å²) in [6.07, 6.45) is 3.76. The van der Waals surface area contributed by atoms with Crippen LogP contribution in [0, 0.1) is 0 Å². The molecule has 0 radical (unpaired) electrons. The first-order valence-corrected chi connectivity index (χ1v) is 6.42. The first-order valence-electron chi connectivity index (χ1n) is 6.42. The number of nitrogens with one attached hydrogen (secondary N) is 1. The highest BCUT2D eigenvalue weighted by atomic mass is 16.5. The number of pyridine rings is 1. The summed E-state index contributed by atoms with van der Waals surface area (Å²) < 4.78 is 10.6. The number of hydrogen-bond acceptors (Lipinski definition) is 6. The van der Waals surface area contributed by atoms with E-state index >= 15 is 0 Å². The predicted octanol–water partition coefficient (Wildman–Crippen LogP) is 1.61. The van der Waals surface area contributed by atoms with Crippen LogP contribution in [0.3, 0.4) is 0 Å². The van der Waals surface area contributed by atoms with Gasteiger partial charge >= 0.3 is 0 Å². The highest BCUT2D eigenvalue weighted by Crippen LogP contribution is 2.29. The van der Waals surface area contributed by atoms with Crippen molar-refractivity contribution in [1.82, 2.24) is 20.4 Å². The van der Waals surface area contributed by atoms with Gasteiger partial charge in [-0.2, -0.15) is 4.98 Å². The van der Waals surface area contributed by atoms with Crippen LogP contribution >= 0.6 is 0 Å². The summed E-state index contributed by atoms with van der Waals surface area (Å²) in [7, 11) is 1.58. The lowest BCUT2D eigenvalue weighted by Gasteiger charge is -2.18. The van der Waals surface area contributed by atoms with E-state index in [-0.39, 0.29) is 0 Å². The van der Waals surface area contributed by atoms with Crippen LogP contribution in [-0.2, 0) is 0 Å². The molecule has 0 aromatic carbocycles. The van der Waals surface area contributed by atoms with E-state index in [2.05, 4.69) is 20.4 Å². The Labute approximate surface area is 111 Å². The van der Waals surface area contributed by atoms with Crippen LogP contribution in [0.25, 0.3) is 11.5 Å². The van der Waals surface area contributed by atoms with Gasteiger partial charge in [0.15, 0.2) is 5.82 Å². The standard InChI is InChI=1S/C13H16N4O2/c1-18-12-10(3-2-6-15-12)13-16-11(17-19-13)9-4-7-14-8-5-9/h2-3,6,9,14H,4-5,7-8H2,1H3. The van der Waals surface area contributed by atoms with E-state index in [1.165, 1.54) is 0 Å². The Kier molecular flexibility index (Phi) is 3.41. The molecule has 0 aliphatic carbocycles. The monoisotopic (exact) mass is 260 g/mol. The van der Waals surface area contributed by atoms with Gasteiger partial charge in [-0.3, -0.25) is 0 Å². The minimum Gasteiger partial charge on any atom is -0.480 e. The van der Waals surface area contributed by atoms with E-state index in [1.807, 2.05) is 12.1 Å². The van der Waals surface area contributed by atoms with E-state index in [0.717, 1.165) is 37.3 Å². The van der Waals surface area contributed by atoms with Crippen molar-refractivity contribution in [3.05, 3.63) is 24.2 Å². The molecule has 6 nitrogen and oxygen atoms in total. The SMILES string of the molecule is COc1ncccc1-c1nc(C2CCNCC2)no1. The molecule has 2 aromatic heterocycles. The minimum atomic E-state index is 0.376. The molecule has 0 amide bonds. The van der Waals surface area contributed by atoms with Crippen LogP contribution < -0.4 is 10.1 Å². The molecule has 1 N–H and O–H groups in total. The molecule has 3 rings (SSSR count). The first kappa shape index (κ1) is 12.1. The molecule has 1 aliphatic heterocycles. The molecule has 0 saturated carbocycles. The van der Waals surface area contributed by atoms with Crippen molar-refractivity contribution >= 4 is 0 Å². The molecular weight excluding hydrogens is 244 g/mol. The number of hydrogen-bond donors (Lipinski definition) is 1. The second-order valence-electron chi connectivity index (χ2n) is 4.54. The average Bonchev–Trinajstić information content (AvgIpc) is 2.98. The number of aromatic nitrogens is 3. The number of nitrogens with zero attached hydrogens (tertiary/aromatic N) is 3. The summed E-state index contributed by atoms with van der Waals surface area (Å²) in [5.41, 5.74) is 0.734. The Hall–Kier alpha value is -1.95. The Balaban J connectivity index is 1.88. The van der Waals surface area contributed by atoms with Crippen molar-refractivity contribution in [2.75, 3.05) is 20.2 Å². The van der Waals surface area contributed by atoms with Gasteiger partial charge in [0.05, 0.1) is 7.11 Å². The lowest BCUT2D eigenvalue weighted by atomic mass is 9.98. The molecule has 1 saturated heterocycles. The first-order chi connectivity index (χ1) is 9.38. The molecule has 6 heteroatoms. The Morgan fingerprint density at radius 2 is 2.21 bits per heavy atom. The van der Waals surface area contributed by atoms with Gasteiger partial charge in [0.2, 0.25) is 5.88 Å². The largest absolute Gasteiger partial charge is 0.480 e. The molecule has 100 valence electrons. The zero-order chi connectivity index (χ0) is 13.1. The van der Waals surface area contributed by atoms with Crippen molar-refractivity contribution in [3.8, 4) is 17.3 Å². The Bertz CT molecular complexity index is 549. The van der Waals surface area contributed by atoms with Crippen molar-refractivity contribution < 1.29 is 9.26 Å². The minimum absolute atomic E-state index is 0.376. The third kappa shape index (κ3) is 2.44. The summed E-state index contributed by atoms with van der Waals surface area (Å²) >= 11 is 0. The number of piperidine rings is 1. The zero-order valence-corrected chi connectivity index (χ0v) is 10.8. The van der Waals surface area contributed by atoms with Gasteiger partial charge < -0.3 is 14.6 Å². The molecule has 1 aliphatic rings. The fraction of sp³-hybridized carbons (Fsp3) is 0.462. The van der Waals surface area contributed by atoms with Gasteiger partial charge in [-0.1, -0.05) is 5.16 Å². The lowest BCUT2D eigenvalue weighted by molar-refractivity contribution is 0.382. The van der Waals surface area contributed by atoms with Crippen LogP contribution in [0.15, 0.2) is 22.9 Å². The summed E-state index contributed by atoms with van der Waals surface area (Å²) in [5, 5.41) is 7.42. The van der Waals surface area contributed by atoms with Crippen LogP contribution in [0.2, 0.25) is 0 Å². The van der Waals surface area contributed by atoms with Gasteiger partial charge in [-0.25, -0.2) is 4.98 Å². The number of rotatable bonds is 3. The Morgan fingerprint density at radius 1 is 1.37 bits per heavy atom. The van der Waals surface area contributed by atoms with E-state index < -0.39 is 0 Å². The van der Waals surface area contributed by atoms with Crippen molar-refractivity contribution in [3.63, 3.8) is 0 Å². The van der Waals surface area contributed by atoms with Crippen molar-refractivity contribution in [2.45, 2.75) is 18.8 Å². The van der Waals surface area contributed by atoms with Crippen LogP contribution in [-0.4, -0.2) is 35.3 Å². The van der Waals surface area contributed by atoms with Crippen LogP contribution in [0.4, 0.5) is 0 Å². The summed E-state index contributed by atoms with van der Waals surface area (Å²) in [6, 6.07) is 3.69. The molecular formula is C13H16N4O2. The molecule has 0 atom stereocenters. The summed E-state index contributed by atoms with van der Waals surface area (Å²) in [6.45, 7) is 2.01. The maximum Gasteiger partial charge on any atom is 0.263 e. The summed E-state index contributed by atoms with van der Waals surface area (Å²) in [5.74, 6) is 2.13. The van der Waals surface area contributed by atoms with Crippen molar-refractivity contribution in [2.24, 2.45) is 0 Å². The molecule has 0 unspecified atom stereocenters. The maximum absolute atomic E-state index is 5.34. The van der Waals surface area contributed by atoms with Gasteiger partial charge in [-0.05, 0) is 38.1 Å². The smallest absolute Gasteiger partial charge is 0.263 e. The fourth-order valence-electron chi connectivity index (χ4n) is 2.31. The van der Waals surface area contributed by atoms with E-state index in [1.54, 1.807) is 13.3 Å². The molecule has 19 heavy (non-hydrogen) atoms. The highest BCUT2D eigenvalue weighted by Gasteiger charge is 2.22. The second kappa shape index (κ2) is 5.36. The molecule has 3 heterocycles. The molecule has 0 spiro atoms. The average molecular weight is 260 g/mol. The predicted molar refractivity (Wildman–Crippen MR) is 68.9 cm³/mol. The fourth-order valence-corrected chi connectivity index (χ4v) is 2.31. The maximum atomic E-state index is 5.34. The topological polar surface area (TPSA) is 73.1 Å². The summed E-state index contributed by atoms with van der Waals surface area (Å²) in [4.78, 5) is 8.62. The van der Waals surface area contributed by atoms with Crippen LogP contribution in [0.1, 0.15) is 24.6 Å². The second-order valence-corrected chi connectivity index (χ2v) is 4.54.